The Bertz CT molecular complexity index is 231. The van der Waals surface area contributed by atoms with Crippen LogP contribution in [0.5, 0.6) is 0 Å². The lowest BCUT2D eigenvalue weighted by Crippen LogP contribution is -1.85. The third-order valence-electron chi connectivity index (χ3n) is 1.26. The summed E-state index contributed by atoms with van der Waals surface area (Å²) in [5.41, 5.74) is 0. The van der Waals surface area contributed by atoms with Gasteiger partial charge in [-0.15, -0.1) is 0 Å². The summed E-state index contributed by atoms with van der Waals surface area (Å²) in [4.78, 5) is 12.0. The molecule has 0 saturated heterocycles. The van der Waals surface area contributed by atoms with E-state index in [0.29, 0.717) is 6.42 Å². The standard InChI is InChI=1S/C9H10OS/c1-2-9(10)11-8-6-4-3-5-7-8/h3-7H,2H2,1H3. The second kappa shape index (κ2) is 4.19. The van der Waals surface area contributed by atoms with Crippen LogP contribution in [0.4, 0.5) is 0 Å². The van der Waals surface area contributed by atoms with E-state index in [2.05, 4.69) is 0 Å². The van der Waals surface area contributed by atoms with Gasteiger partial charge in [0, 0.05) is 11.3 Å². The summed E-state index contributed by atoms with van der Waals surface area (Å²) in [6, 6.07) is 9.70. The van der Waals surface area contributed by atoms with Gasteiger partial charge in [-0.2, -0.15) is 0 Å². The molecule has 0 spiro atoms. The van der Waals surface area contributed by atoms with E-state index in [9.17, 15) is 4.79 Å². The van der Waals surface area contributed by atoms with Crippen molar-refractivity contribution in [1.29, 1.82) is 0 Å². The Labute approximate surface area is 70.8 Å². The Morgan fingerprint density at radius 2 is 2.00 bits per heavy atom. The highest BCUT2D eigenvalue weighted by Gasteiger charge is 1.99. The summed E-state index contributed by atoms with van der Waals surface area (Å²) in [5.74, 6) is 0. The summed E-state index contributed by atoms with van der Waals surface area (Å²) in [7, 11) is 0. The van der Waals surface area contributed by atoms with Gasteiger partial charge in [-0.25, -0.2) is 0 Å². The van der Waals surface area contributed by atoms with Gasteiger partial charge in [0.25, 0.3) is 0 Å². The van der Waals surface area contributed by atoms with Crippen LogP contribution < -0.4 is 0 Å². The third-order valence-corrected chi connectivity index (χ3v) is 2.29. The fraction of sp³-hybridized carbons (Fsp3) is 0.222. The van der Waals surface area contributed by atoms with E-state index in [0.717, 1.165) is 4.90 Å². The molecule has 0 heterocycles. The van der Waals surface area contributed by atoms with E-state index in [1.54, 1.807) is 0 Å². The van der Waals surface area contributed by atoms with Crippen molar-refractivity contribution in [1.82, 2.24) is 0 Å². The maximum absolute atomic E-state index is 10.9. The Kier molecular flexibility index (Phi) is 3.17. The first-order valence-corrected chi connectivity index (χ1v) is 4.40. The highest BCUT2D eigenvalue weighted by molar-refractivity contribution is 8.13. The fourth-order valence-corrected chi connectivity index (χ4v) is 1.39. The van der Waals surface area contributed by atoms with Gasteiger partial charge in [0.15, 0.2) is 5.12 Å². The van der Waals surface area contributed by atoms with Gasteiger partial charge >= 0.3 is 0 Å². The number of hydrogen-bond donors (Lipinski definition) is 0. The maximum Gasteiger partial charge on any atom is 0.193 e. The predicted molar refractivity (Wildman–Crippen MR) is 47.6 cm³/mol. The summed E-state index contributed by atoms with van der Waals surface area (Å²) in [6.45, 7) is 1.87. The Hall–Kier alpha value is -0.760. The van der Waals surface area contributed by atoms with Crippen molar-refractivity contribution < 1.29 is 4.79 Å². The molecule has 0 aliphatic rings. The van der Waals surface area contributed by atoms with Crippen molar-refractivity contribution in [2.75, 3.05) is 0 Å². The van der Waals surface area contributed by atoms with Crippen molar-refractivity contribution >= 4 is 16.9 Å². The Morgan fingerprint density at radius 3 is 2.55 bits per heavy atom. The molecule has 0 aliphatic heterocycles. The van der Waals surface area contributed by atoms with Crippen molar-refractivity contribution in [3.05, 3.63) is 30.3 Å². The van der Waals surface area contributed by atoms with Gasteiger partial charge in [0.1, 0.15) is 0 Å². The van der Waals surface area contributed by atoms with Crippen LogP contribution in [0.2, 0.25) is 0 Å². The van der Waals surface area contributed by atoms with Crippen LogP contribution in [-0.4, -0.2) is 5.12 Å². The number of hydrogen-bond acceptors (Lipinski definition) is 2. The molecule has 0 bridgehead atoms. The molecule has 1 aromatic carbocycles. The largest absolute Gasteiger partial charge is 0.287 e. The molecule has 1 nitrogen and oxygen atoms in total. The number of carbonyl (C=O) groups excluding carboxylic acids is 1. The van der Waals surface area contributed by atoms with E-state index >= 15 is 0 Å². The van der Waals surface area contributed by atoms with Crippen LogP contribution >= 0.6 is 11.8 Å². The molecule has 11 heavy (non-hydrogen) atoms. The van der Waals surface area contributed by atoms with E-state index in [1.165, 1.54) is 11.8 Å². The van der Waals surface area contributed by atoms with Gasteiger partial charge < -0.3 is 0 Å². The van der Waals surface area contributed by atoms with Crippen LogP contribution in [0.15, 0.2) is 35.2 Å². The number of thioether (sulfide) groups is 1. The summed E-state index contributed by atoms with van der Waals surface area (Å²) < 4.78 is 0. The highest BCUT2D eigenvalue weighted by Crippen LogP contribution is 2.18. The SMILES string of the molecule is CCC(=O)Sc1ccccc1. The molecule has 0 radical (unpaired) electrons. The molecule has 0 aromatic heterocycles. The first kappa shape index (κ1) is 8.34. The lowest BCUT2D eigenvalue weighted by Gasteiger charge is -1.95. The zero-order chi connectivity index (χ0) is 8.10. The first-order valence-electron chi connectivity index (χ1n) is 3.58. The number of rotatable bonds is 2. The Morgan fingerprint density at radius 1 is 1.36 bits per heavy atom. The second-order valence-corrected chi connectivity index (χ2v) is 3.27. The Balaban J connectivity index is 2.58. The minimum atomic E-state index is 0.219. The van der Waals surface area contributed by atoms with Crippen LogP contribution in [0.1, 0.15) is 13.3 Å². The first-order chi connectivity index (χ1) is 5.33. The number of carbonyl (C=O) groups is 1. The van der Waals surface area contributed by atoms with Crippen molar-refractivity contribution in [3.63, 3.8) is 0 Å². The molecule has 0 N–H and O–H groups in total. The fourth-order valence-electron chi connectivity index (χ4n) is 0.692. The van der Waals surface area contributed by atoms with Crippen LogP contribution in [0.25, 0.3) is 0 Å². The van der Waals surface area contributed by atoms with E-state index in [-0.39, 0.29) is 5.12 Å². The quantitative estimate of drug-likeness (QED) is 0.628. The topological polar surface area (TPSA) is 17.1 Å². The van der Waals surface area contributed by atoms with Gasteiger partial charge in [-0.1, -0.05) is 36.9 Å². The molecular formula is C9H10OS. The molecule has 58 valence electrons. The van der Waals surface area contributed by atoms with Crippen LogP contribution in [0, 0.1) is 0 Å². The van der Waals surface area contributed by atoms with Gasteiger partial charge in [-0.3, -0.25) is 4.79 Å². The highest BCUT2D eigenvalue weighted by atomic mass is 32.2. The summed E-state index contributed by atoms with van der Waals surface area (Å²) >= 11 is 1.30. The van der Waals surface area contributed by atoms with Crippen LogP contribution in [0.3, 0.4) is 0 Å². The maximum atomic E-state index is 10.9. The second-order valence-electron chi connectivity index (χ2n) is 2.14. The average molecular weight is 166 g/mol. The minimum absolute atomic E-state index is 0.219. The molecule has 0 amide bonds. The third kappa shape index (κ3) is 2.76. The van der Waals surface area contributed by atoms with Gasteiger partial charge in [-0.05, 0) is 12.1 Å². The summed E-state index contributed by atoms with van der Waals surface area (Å²) in [5, 5.41) is 0.219. The van der Waals surface area contributed by atoms with Crippen molar-refractivity contribution in [3.8, 4) is 0 Å². The average Bonchev–Trinajstić information content (AvgIpc) is 2.06. The molecule has 0 atom stereocenters. The smallest absolute Gasteiger partial charge is 0.193 e. The zero-order valence-corrected chi connectivity index (χ0v) is 7.23. The van der Waals surface area contributed by atoms with Gasteiger partial charge in [0.2, 0.25) is 0 Å². The molecule has 0 saturated carbocycles. The number of benzene rings is 1. The summed E-state index contributed by atoms with van der Waals surface area (Å²) in [6.07, 6.45) is 0.597. The molecular weight excluding hydrogens is 156 g/mol. The monoisotopic (exact) mass is 166 g/mol. The van der Waals surface area contributed by atoms with Crippen LogP contribution in [-0.2, 0) is 4.79 Å². The molecule has 0 fully saturated rings. The van der Waals surface area contributed by atoms with Crippen molar-refractivity contribution in [2.24, 2.45) is 0 Å². The minimum Gasteiger partial charge on any atom is -0.287 e. The molecule has 2 heteroatoms. The lowest BCUT2D eigenvalue weighted by molar-refractivity contribution is -0.110. The van der Waals surface area contributed by atoms with E-state index in [1.807, 2.05) is 37.3 Å². The predicted octanol–water partition coefficient (Wildman–Crippen LogP) is 2.72. The zero-order valence-electron chi connectivity index (χ0n) is 6.41. The molecule has 0 aliphatic carbocycles. The molecule has 0 unspecified atom stereocenters. The molecule has 1 rings (SSSR count). The normalized spacial score (nSPS) is 9.55. The van der Waals surface area contributed by atoms with E-state index in [4.69, 9.17) is 0 Å². The lowest BCUT2D eigenvalue weighted by atomic mass is 10.4. The van der Waals surface area contributed by atoms with Crippen molar-refractivity contribution in [2.45, 2.75) is 18.2 Å². The van der Waals surface area contributed by atoms with E-state index < -0.39 is 0 Å². The molecule has 1 aromatic rings. The van der Waals surface area contributed by atoms with Gasteiger partial charge in [0.05, 0.1) is 0 Å².